The van der Waals surface area contributed by atoms with Gasteiger partial charge in [-0.1, -0.05) is 49.6 Å². The third kappa shape index (κ3) is 5.29. The molecule has 4 heteroatoms. The Balaban J connectivity index is 0.00000242. The van der Waals surface area contributed by atoms with Gasteiger partial charge in [0.05, 0.1) is 0 Å². The van der Waals surface area contributed by atoms with Crippen molar-refractivity contribution in [1.82, 2.24) is 4.90 Å². The van der Waals surface area contributed by atoms with Crippen molar-refractivity contribution in [1.29, 1.82) is 0 Å². The highest BCUT2D eigenvalue weighted by Gasteiger charge is 2.33. The Bertz CT molecular complexity index is 444. The molecular formula is C18H29ClN2O. The minimum absolute atomic E-state index is 0. The number of nitrogens with two attached hydrogens (primary N) is 1. The smallest absolute Gasteiger partial charge is 0.222 e. The molecule has 2 N–H and O–H groups in total. The van der Waals surface area contributed by atoms with E-state index in [1.54, 1.807) is 0 Å². The van der Waals surface area contributed by atoms with Gasteiger partial charge in [0, 0.05) is 20.0 Å². The molecule has 0 saturated heterocycles. The Morgan fingerprint density at radius 2 is 1.82 bits per heavy atom. The highest BCUT2D eigenvalue weighted by Crippen LogP contribution is 2.38. The summed E-state index contributed by atoms with van der Waals surface area (Å²) in [6.45, 7) is 1.43. The minimum Gasteiger partial charge on any atom is -0.345 e. The predicted octanol–water partition coefficient (Wildman–Crippen LogP) is 3.41. The van der Waals surface area contributed by atoms with Gasteiger partial charge in [0.15, 0.2) is 0 Å². The van der Waals surface area contributed by atoms with Crippen LogP contribution < -0.4 is 5.73 Å². The van der Waals surface area contributed by atoms with Crippen LogP contribution in [0.2, 0.25) is 0 Å². The fourth-order valence-electron chi connectivity index (χ4n) is 3.28. The van der Waals surface area contributed by atoms with Gasteiger partial charge >= 0.3 is 0 Å². The molecule has 0 radical (unpaired) electrons. The molecule has 3 nitrogen and oxygen atoms in total. The molecule has 0 atom stereocenters. The van der Waals surface area contributed by atoms with Crippen molar-refractivity contribution >= 4 is 18.3 Å². The quantitative estimate of drug-likeness (QED) is 0.871. The molecule has 1 fully saturated rings. The van der Waals surface area contributed by atoms with Gasteiger partial charge in [-0.25, -0.2) is 0 Å². The average molecular weight is 325 g/mol. The molecule has 0 heterocycles. The van der Waals surface area contributed by atoms with Crippen molar-refractivity contribution in [2.45, 2.75) is 44.9 Å². The van der Waals surface area contributed by atoms with E-state index in [0.29, 0.717) is 13.0 Å². The number of amides is 1. The van der Waals surface area contributed by atoms with E-state index in [1.807, 2.05) is 30.1 Å². The number of carbonyl (C=O) groups excluding carboxylic acids is 1. The van der Waals surface area contributed by atoms with Gasteiger partial charge in [0.1, 0.15) is 0 Å². The second-order valence-corrected chi connectivity index (χ2v) is 6.49. The summed E-state index contributed by atoms with van der Waals surface area (Å²) in [6.07, 6.45) is 7.49. The van der Waals surface area contributed by atoms with E-state index in [2.05, 4.69) is 12.1 Å². The maximum atomic E-state index is 12.5. The van der Waals surface area contributed by atoms with Gasteiger partial charge in [0.2, 0.25) is 5.91 Å². The molecule has 0 unspecified atom stereocenters. The number of likely N-dealkylation sites (N-methyl/N-ethyl adjacent to an activating group) is 1. The van der Waals surface area contributed by atoms with E-state index in [4.69, 9.17) is 5.73 Å². The zero-order valence-electron chi connectivity index (χ0n) is 13.6. The lowest BCUT2D eigenvalue weighted by molar-refractivity contribution is -0.132. The fourth-order valence-corrected chi connectivity index (χ4v) is 3.28. The van der Waals surface area contributed by atoms with Crippen LogP contribution in [0.25, 0.3) is 0 Å². The Labute approximate surface area is 140 Å². The summed E-state index contributed by atoms with van der Waals surface area (Å²) in [7, 11) is 1.91. The summed E-state index contributed by atoms with van der Waals surface area (Å²) in [5, 5.41) is 0. The van der Waals surface area contributed by atoms with E-state index < -0.39 is 0 Å². The fraction of sp³-hybridized carbons (Fsp3) is 0.611. The van der Waals surface area contributed by atoms with E-state index in [0.717, 1.165) is 25.8 Å². The molecule has 124 valence electrons. The SMILES string of the molecule is CN(CCc1ccccc1)C(=O)CC1(CN)CCCCC1.Cl. The zero-order valence-corrected chi connectivity index (χ0v) is 14.4. The lowest BCUT2D eigenvalue weighted by atomic mass is 9.71. The lowest BCUT2D eigenvalue weighted by Crippen LogP contribution is -2.39. The van der Waals surface area contributed by atoms with E-state index in [9.17, 15) is 4.79 Å². The number of hydrogen-bond acceptors (Lipinski definition) is 2. The predicted molar refractivity (Wildman–Crippen MR) is 94.2 cm³/mol. The Kier molecular flexibility index (Phi) is 7.91. The number of benzene rings is 1. The summed E-state index contributed by atoms with van der Waals surface area (Å²) < 4.78 is 0. The molecule has 1 aromatic carbocycles. The van der Waals surface area contributed by atoms with Gasteiger partial charge < -0.3 is 10.6 Å². The first-order valence-corrected chi connectivity index (χ1v) is 8.13. The molecule has 22 heavy (non-hydrogen) atoms. The summed E-state index contributed by atoms with van der Waals surface area (Å²) in [5.74, 6) is 0.248. The molecule has 0 aromatic heterocycles. The van der Waals surface area contributed by atoms with Gasteiger partial charge in [-0.15, -0.1) is 12.4 Å². The molecule has 0 bridgehead atoms. The second kappa shape index (κ2) is 9.16. The first-order chi connectivity index (χ1) is 10.2. The van der Waals surface area contributed by atoms with E-state index in [1.165, 1.54) is 24.8 Å². The molecule has 2 rings (SSSR count). The molecule has 1 aliphatic carbocycles. The third-order valence-electron chi connectivity index (χ3n) is 4.88. The van der Waals surface area contributed by atoms with Crippen LogP contribution in [-0.2, 0) is 11.2 Å². The van der Waals surface area contributed by atoms with Gasteiger partial charge in [-0.3, -0.25) is 4.79 Å². The number of rotatable bonds is 6. The summed E-state index contributed by atoms with van der Waals surface area (Å²) in [6, 6.07) is 10.3. The van der Waals surface area contributed by atoms with Crippen LogP contribution >= 0.6 is 12.4 Å². The Morgan fingerprint density at radius 1 is 1.18 bits per heavy atom. The molecule has 0 aliphatic heterocycles. The van der Waals surface area contributed by atoms with Crippen molar-refractivity contribution in [2.24, 2.45) is 11.1 Å². The van der Waals surface area contributed by atoms with Crippen LogP contribution in [0.3, 0.4) is 0 Å². The normalized spacial score (nSPS) is 16.6. The molecule has 1 aromatic rings. The molecule has 1 amide bonds. The Morgan fingerprint density at radius 3 is 2.41 bits per heavy atom. The van der Waals surface area contributed by atoms with Crippen LogP contribution in [0, 0.1) is 5.41 Å². The van der Waals surface area contributed by atoms with E-state index in [-0.39, 0.29) is 23.7 Å². The molecular weight excluding hydrogens is 296 g/mol. The van der Waals surface area contributed by atoms with Crippen LogP contribution in [0.5, 0.6) is 0 Å². The van der Waals surface area contributed by atoms with Crippen LogP contribution in [0.4, 0.5) is 0 Å². The summed E-state index contributed by atoms with van der Waals surface area (Å²) in [5.41, 5.74) is 7.33. The summed E-state index contributed by atoms with van der Waals surface area (Å²) in [4.78, 5) is 14.3. The van der Waals surface area contributed by atoms with Gasteiger partial charge in [-0.2, -0.15) is 0 Å². The number of halogens is 1. The van der Waals surface area contributed by atoms with Crippen LogP contribution in [0.15, 0.2) is 30.3 Å². The number of carbonyl (C=O) groups is 1. The van der Waals surface area contributed by atoms with Crippen molar-refractivity contribution in [3.05, 3.63) is 35.9 Å². The first kappa shape index (κ1) is 19.0. The van der Waals surface area contributed by atoms with Crippen LogP contribution in [-0.4, -0.2) is 30.9 Å². The van der Waals surface area contributed by atoms with Crippen molar-refractivity contribution in [3.8, 4) is 0 Å². The zero-order chi connectivity index (χ0) is 15.1. The monoisotopic (exact) mass is 324 g/mol. The topological polar surface area (TPSA) is 46.3 Å². The molecule has 1 saturated carbocycles. The van der Waals surface area contributed by atoms with Crippen molar-refractivity contribution in [2.75, 3.05) is 20.1 Å². The van der Waals surface area contributed by atoms with Crippen LogP contribution in [0.1, 0.15) is 44.1 Å². The average Bonchev–Trinajstić information content (AvgIpc) is 2.54. The maximum Gasteiger partial charge on any atom is 0.222 e. The van der Waals surface area contributed by atoms with Gasteiger partial charge in [-0.05, 0) is 36.8 Å². The van der Waals surface area contributed by atoms with Crippen molar-refractivity contribution in [3.63, 3.8) is 0 Å². The lowest BCUT2D eigenvalue weighted by Gasteiger charge is -2.36. The van der Waals surface area contributed by atoms with Crippen molar-refractivity contribution < 1.29 is 4.79 Å². The highest BCUT2D eigenvalue weighted by molar-refractivity contribution is 5.85. The van der Waals surface area contributed by atoms with E-state index >= 15 is 0 Å². The number of hydrogen-bond donors (Lipinski definition) is 1. The first-order valence-electron chi connectivity index (χ1n) is 8.13. The summed E-state index contributed by atoms with van der Waals surface area (Å²) >= 11 is 0. The second-order valence-electron chi connectivity index (χ2n) is 6.49. The highest BCUT2D eigenvalue weighted by atomic mass is 35.5. The number of nitrogens with zero attached hydrogens (tertiary/aromatic N) is 1. The standard InChI is InChI=1S/C18H28N2O.ClH/c1-20(13-10-16-8-4-2-5-9-16)17(21)14-18(15-19)11-6-3-7-12-18;/h2,4-5,8-9H,3,6-7,10-15,19H2,1H3;1H. The largest absolute Gasteiger partial charge is 0.345 e. The molecule has 0 spiro atoms. The molecule has 1 aliphatic rings. The minimum atomic E-state index is 0. The third-order valence-corrected chi connectivity index (χ3v) is 4.88. The maximum absolute atomic E-state index is 12.5. The van der Waals surface area contributed by atoms with Gasteiger partial charge in [0.25, 0.3) is 0 Å². The Hall–Kier alpha value is -1.06.